The highest BCUT2D eigenvalue weighted by atomic mass is 127. The van der Waals surface area contributed by atoms with E-state index in [0.717, 1.165) is 12.1 Å². The highest BCUT2D eigenvalue weighted by molar-refractivity contribution is 14.1. The number of ether oxygens (including phenoxy) is 4. The monoisotopic (exact) mass is 913 g/mol. The molecule has 0 spiro atoms. The van der Waals surface area contributed by atoms with Crippen molar-refractivity contribution >= 4 is 62.8 Å². The molecule has 3 aromatic carbocycles. The van der Waals surface area contributed by atoms with Crippen LogP contribution in [0.5, 0.6) is 0 Å². The number of carbonyl (C=O) groups excluding carboxylic acids is 1. The van der Waals surface area contributed by atoms with Crippen LogP contribution in [0.1, 0.15) is 22.6 Å². The Morgan fingerprint density at radius 1 is 0.825 bits per heavy atom. The van der Waals surface area contributed by atoms with Crippen molar-refractivity contribution in [1.29, 1.82) is 0 Å². The molecule has 1 aliphatic heterocycles. The van der Waals surface area contributed by atoms with Crippen LogP contribution in [0.15, 0.2) is 54.6 Å². The first kappa shape index (κ1) is 41.8. The number of amides is 1. The van der Waals surface area contributed by atoms with Gasteiger partial charge in [-0.2, -0.15) is 15.0 Å². The number of rotatable bonds is 20. The molecule has 0 aliphatic carbocycles. The van der Waals surface area contributed by atoms with E-state index in [9.17, 15) is 26.7 Å². The Bertz CT molecular complexity index is 2130. The van der Waals surface area contributed by atoms with Crippen LogP contribution in [0.25, 0.3) is 17.0 Å². The van der Waals surface area contributed by atoms with Crippen molar-refractivity contribution in [2.24, 2.45) is 0 Å². The Labute approximate surface area is 336 Å². The zero-order valence-electron chi connectivity index (χ0n) is 30.2. The smallest absolute Gasteiger partial charge is 0.296 e. The molecule has 0 saturated carbocycles. The Morgan fingerprint density at radius 3 is 2.26 bits per heavy atom. The molecule has 1 aliphatic rings. The Morgan fingerprint density at radius 2 is 1.53 bits per heavy atom. The molecule has 0 bridgehead atoms. The number of alkyl halides is 2. The van der Waals surface area contributed by atoms with Gasteiger partial charge in [0.25, 0.3) is 12.3 Å². The van der Waals surface area contributed by atoms with Crippen LogP contribution in [-0.4, -0.2) is 110 Å². The molecule has 304 valence electrons. The number of carbonyl (C=O) groups is 1. The highest BCUT2D eigenvalue weighted by Crippen LogP contribution is 2.30. The highest BCUT2D eigenvalue weighted by Gasteiger charge is 2.25. The van der Waals surface area contributed by atoms with E-state index in [1.165, 1.54) is 16.7 Å². The number of halogens is 6. The molecule has 0 unspecified atom stereocenters. The number of nitrogens with zero attached hydrogens (tertiary/aromatic N) is 6. The van der Waals surface area contributed by atoms with E-state index in [1.807, 2.05) is 27.5 Å². The van der Waals surface area contributed by atoms with Gasteiger partial charge in [-0.25, -0.2) is 32.4 Å². The molecule has 21 heteroatoms. The minimum Gasteiger partial charge on any atom is -0.378 e. The van der Waals surface area contributed by atoms with Crippen molar-refractivity contribution in [1.82, 2.24) is 30.0 Å². The lowest BCUT2D eigenvalue weighted by Crippen LogP contribution is -2.37. The van der Waals surface area contributed by atoms with E-state index < -0.39 is 41.3 Å². The quantitative estimate of drug-likeness (QED) is 0.0386. The molecular formula is C36H37F5IN9O6. The van der Waals surface area contributed by atoms with Gasteiger partial charge < -0.3 is 34.5 Å². The van der Waals surface area contributed by atoms with Crippen molar-refractivity contribution in [2.75, 3.05) is 94.6 Å². The molecule has 6 rings (SSSR count). The number of nitrogens with one attached hydrogen (secondary N) is 3. The first-order valence-electron chi connectivity index (χ1n) is 17.6. The summed E-state index contributed by atoms with van der Waals surface area (Å²) in [4.78, 5) is 37.3. The lowest BCUT2D eigenvalue weighted by molar-refractivity contribution is -0.0195. The van der Waals surface area contributed by atoms with Gasteiger partial charge in [-0.05, 0) is 65.1 Å². The normalized spacial score (nSPS) is 13.1. The summed E-state index contributed by atoms with van der Waals surface area (Å²) in [6, 6.07) is 12.7. The molecule has 1 saturated heterocycles. The van der Waals surface area contributed by atoms with Gasteiger partial charge in [0, 0.05) is 23.2 Å². The number of anilines is 4. The zero-order valence-corrected chi connectivity index (χ0v) is 32.3. The van der Waals surface area contributed by atoms with Gasteiger partial charge in [-0.3, -0.25) is 14.2 Å². The lowest BCUT2D eigenvalue weighted by atomic mass is 10.1. The van der Waals surface area contributed by atoms with Crippen LogP contribution in [0.2, 0.25) is 0 Å². The number of hydroxylamine groups is 1. The zero-order chi connectivity index (χ0) is 40.1. The summed E-state index contributed by atoms with van der Waals surface area (Å²) in [6.07, 6.45) is -2.87. The predicted octanol–water partition coefficient (Wildman–Crippen LogP) is 5.57. The molecule has 2 aromatic heterocycles. The standard InChI is InChI=1S/C36H37F5IN9O6/c37-24-7-6-23(30(29(24)39)44-26-8-5-22(42)21-25(26)38)33(52)49-57-20-19-56-18-17-55-16-15-53-12-9-43-34-46-35(50-10-13-54-14-11-50)48-36(47-34)51-28-4-2-1-3-27(28)45-32(51)31(40)41/h1-8,21,31,44H,9-20H2,(H,49,52)(H,43,46,47,48). The Balaban J connectivity index is 0.881. The average Bonchev–Trinajstić information content (AvgIpc) is 3.61. The van der Waals surface area contributed by atoms with Gasteiger partial charge in [-0.1, -0.05) is 12.1 Å². The SMILES string of the molecule is O=C(NOCCOCCOCCOCCNc1nc(N2CCOCC2)nc(-n2c(C(F)F)nc3ccccc32)n1)c1ccc(F)c(F)c1Nc1ccc(I)cc1F. The first-order valence-corrected chi connectivity index (χ1v) is 18.7. The topological polar surface area (TPSA) is 159 Å². The fourth-order valence-corrected chi connectivity index (χ4v) is 5.93. The number of hydrogen-bond donors (Lipinski definition) is 3. The number of hydrogen-bond acceptors (Lipinski definition) is 13. The molecule has 57 heavy (non-hydrogen) atoms. The summed E-state index contributed by atoms with van der Waals surface area (Å²) in [6.45, 7) is 3.57. The van der Waals surface area contributed by atoms with Crippen LogP contribution < -0.4 is 21.0 Å². The molecule has 1 fully saturated rings. The Kier molecular flexibility index (Phi) is 15.1. The summed E-state index contributed by atoms with van der Waals surface area (Å²) < 4.78 is 94.9. The van der Waals surface area contributed by atoms with Crippen molar-refractivity contribution in [2.45, 2.75) is 6.43 Å². The second-order valence-electron chi connectivity index (χ2n) is 12.0. The number of morpholine rings is 1. The minimum absolute atomic E-state index is 0.00635. The molecule has 15 nitrogen and oxygen atoms in total. The summed E-state index contributed by atoms with van der Waals surface area (Å²) in [5, 5.41) is 5.53. The maximum atomic E-state index is 14.6. The maximum absolute atomic E-state index is 14.6. The first-order chi connectivity index (χ1) is 27.7. The maximum Gasteiger partial charge on any atom is 0.296 e. The van der Waals surface area contributed by atoms with E-state index in [0.29, 0.717) is 53.4 Å². The number of fused-ring (bicyclic) bond motifs is 1. The second-order valence-corrected chi connectivity index (χ2v) is 13.3. The lowest BCUT2D eigenvalue weighted by Gasteiger charge is -2.27. The average molecular weight is 914 g/mol. The second kappa shape index (κ2) is 20.6. The molecular weight excluding hydrogens is 876 g/mol. The largest absolute Gasteiger partial charge is 0.378 e. The van der Waals surface area contributed by atoms with E-state index >= 15 is 0 Å². The Hall–Kier alpha value is -4.81. The fraction of sp³-hybridized carbons (Fsp3) is 0.361. The summed E-state index contributed by atoms with van der Waals surface area (Å²) in [5.74, 6) is -4.14. The van der Waals surface area contributed by atoms with Gasteiger partial charge in [0.1, 0.15) is 5.82 Å². The predicted molar refractivity (Wildman–Crippen MR) is 206 cm³/mol. The van der Waals surface area contributed by atoms with Gasteiger partial charge >= 0.3 is 0 Å². The van der Waals surface area contributed by atoms with Crippen LogP contribution in [0.3, 0.4) is 0 Å². The van der Waals surface area contributed by atoms with Crippen LogP contribution >= 0.6 is 22.6 Å². The van der Waals surface area contributed by atoms with Crippen molar-refractivity contribution in [3.05, 3.63) is 87.0 Å². The van der Waals surface area contributed by atoms with Crippen LogP contribution in [0.4, 0.5) is 45.2 Å². The number of imidazole rings is 1. The van der Waals surface area contributed by atoms with Crippen molar-refractivity contribution in [3.63, 3.8) is 0 Å². The molecule has 5 aromatic rings. The van der Waals surface area contributed by atoms with Crippen molar-refractivity contribution in [3.8, 4) is 5.95 Å². The third kappa shape index (κ3) is 11.2. The summed E-state index contributed by atoms with van der Waals surface area (Å²) >= 11 is 1.90. The number of benzene rings is 3. The van der Waals surface area contributed by atoms with Gasteiger partial charge in [0.2, 0.25) is 17.8 Å². The third-order valence-corrected chi connectivity index (χ3v) is 8.86. The van der Waals surface area contributed by atoms with Crippen LogP contribution in [-0.2, 0) is 23.8 Å². The van der Waals surface area contributed by atoms with E-state index in [4.69, 9.17) is 23.8 Å². The van der Waals surface area contributed by atoms with Gasteiger partial charge in [0.05, 0.1) is 87.4 Å². The molecule has 1 amide bonds. The number of para-hydroxylation sites is 2. The molecule has 0 radical (unpaired) electrons. The molecule has 3 N–H and O–H groups in total. The van der Waals surface area contributed by atoms with E-state index in [2.05, 4.69) is 36.0 Å². The number of aromatic nitrogens is 5. The van der Waals surface area contributed by atoms with Gasteiger partial charge in [0.15, 0.2) is 17.5 Å². The minimum atomic E-state index is -2.87. The van der Waals surface area contributed by atoms with E-state index in [1.54, 1.807) is 30.3 Å². The third-order valence-electron chi connectivity index (χ3n) is 8.19. The van der Waals surface area contributed by atoms with E-state index in [-0.39, 0.29) is 69.4 Å². The molecule has 0 atom stereocenters. The summed E-state index contributed by atoms with van der Waals surface area (Å²) in [7, 11) is 0. The van der Waals surface area contributed by atoms with Crippen LogP contribution in [0, 0.1) is 21.0 Å². The van der Waals surface area contributed by atoms with Gasteiger partial charge in [-0.15, -0.1) is 0 Å². The molecule has 3 heterocycles. The fourth-order valence-electron chi connectivity index (χ4n) is 5.48. The van der Waals surface area contributed by atoms with Crippen molar-refractivity contribution < 1.29 is 50.5 Å². The summed E-state index contributed by atoms with van der Waals surface area (Å²) in [5.41, 5.74) is 1.97.